The highest BCUT2D eigenvalue weighted by molar-refractivity contribution is 5.92. The zero-order valence-electron chi connectivity index (χ0n) is 14.7. The lowest BCUT2D eigenvalue weighted by Gasteiger charge is -2.09. The first-order valence-electron chi connectivity index (χ1n) is 8.15. The maximum Gasteiger partial charge on any atom is 0.338 e. The third-order valence-corrected chi connectivity index (χ3v) is 4.02. The number of phenols is 1. The minimum absolute atomic E-state index is 0.0130. The molecule has 0 spiro atoms. The number of anilines is 1. The molecule has 0 saturated heterocycles. The Balaban J connectivity index is 1.80. The SMILES string of the molecule is CC(=O)Nc1ccc(C(=O)OCc2cc(=O)oc3c(C)c(O)ccc23)cc1. The maximum absolute atomic E-state index is 12.2. The molecule has 0 aliphatic heterocycles. The fourth-order valence-electron chi connectivity index (χ4n) is 2.65. The van der Waals surface area contributed by atoms with E-state index in [1.165, 1.54) is 31.2 Å². The van der Waals surface area contributed by atoms with E-state index in [9.17, 15) is 19.5 Å². The Labute approximate surface area is 154 Å². The molecular weight excluding hydrogens is 350 g/mol. The van der Waals surface area contributed by atoms with Gasteiger partial charge in [0.25, 0.3) is 0 Å². The summed E-state index contributed by atoms with van der Waals surface area (Å²) in [4.78, 5) is 35.0. The Morgan fingerprint density at radius 1 is 1.15 bits per heavy atom. The molecule has 0 radical (unpaired) electrons. The smallest absolute Gasteiger partial charge is 0.338 e. The van der Waals surface area contributed by atoms with Gasteiger partial charge in [-0.25, -0.2) is 9.59 Å². The Kier molecular flexibility index (Phi) is 4.94. The van der Waals surface area contributed by atoms with E-state index < -0.39 is 11.6 Å². The van der Waals surface area contributed by atoms with Crippen LogP contribution in [-0.2, 0) is 16.1 Å². The van der Waals surface area contributed by atoms with E-state index in [4.69, 9.17) is 9.15 Å². The first kappa shape index (κ1) is 18.2. The van der Waals surface area contributed by atoms with Gasteiger partial charge in [0, 0.05) is 35.2 Å². The number of aryl methyl sites for hydroxylation is 1. The third-order valence-electron chi connectivity index (χ3n) is 4.02. The first-order valence-corrected chi connectivity index (χ1v) is 8.15. The lowest BCUT2D eigenvalue weighted by Crippen LogP contribution is -2.09. The predicted octanol–water partition coefficient (Wildman–Crippen LogP) is 3.12. The topological polar surface area (TPSA) is 106 Å². The fraction of sp³-hybridized carbons (Fsp3) is 0.150. The Morgan fingerprint density at radius 3 is 2.52 bits per heavy atom. The molecule has 3 aromatic rings. The molecule has 0 aliphatic carbocycles. The summed E-state index contributed by atoms with van der Waals surface area (Å²) >= 11 is 0. The van der Waals surface area contributed by atoms with Gasteiger partial charge in [0.15, 0.2) is 0 Å². The van der Waals surface area contributed by atoms with Crippen LogP contribution in [0.2, 0.25) is 0 Å². The number of carbonyl (C=O) groups excluding carboxylic acids is 2. The number of benzene rings is 2. The van der Waals surface area contributed by atoms with Crippen molar-refractivity contribution < 1.29 is 23.8 Å². The zero-order valence-corrected chi connectivity index (χ0v) is 14.7. The van der Waals surface area contributed by atoms with E-state index in [-0.39, 0.29) is 23.8 Å². The van der Waals surface area contributed by atoms with Crippen LogP contribution in [0.5, 0.6) is 5.75 Å². The molecule has 3 rings (SSSR count). The molecule has 1 aromatic heterocycles. The van der Waals surface area contributed by atoms with Gasteiger partial charge in [-0.15, -0.1) is 0 Å². The largest absolute Gasteiger partial charge is 0.508 e. The molecule has 0 atom stereocenters. The highest BCUT2D eigenvalue weighted by atomic mass is 16.5. The van der Waals surface area contributed by atoms with Gasteiger partial charge >= 0.3 is 11.6 Å². The number of carbonyl (C=O) groups is 2. The second-order valence-corrected chi connectivity index (χ2v) is 6.01. The monoisotopic (exact) mass is 367 g/mol. The van der Waals surface area contributed by atoms with Crippen LogP contribution >= 0.6 is 0 Å². The summed E-state index contributed by atoms with van der Waals surface area (Å²) in [7, 11) is 0. The molecule has 1 amide bonds. The normalized spacial score (nSPS) is 10.6. The molecule has 1 heterocycles. The molecule has 138 valence electrons. The van der Waals surface area contributed by atoms with Crippen molar-refractivity contribution in [1.82, 2.24) is 0 Å². The van der Waals surface area contributed by atoms with Crippen LogP contribution in [0.15, 0.2) is 51.7 Å². The number of hydrogen-bond acceptors (Lipinski definition) is 6. The van der Waals surface area contributed by atoms with Crippen LogP contribution in [0.1, 0.15) is 28.4 Å². The molecular formula is C20H17NO6. The van der Waals surface area contributed by atoms with Crippen LogP contribution in [0, 0.1) is 6.92 Å². The Hall–Kier alpha value is -3.61. The van der Waals surface area contributed by atoms with Gasteiger partial charge in [-0.2, -0.15) is 0 Å². The van der Waals surface area contributed by atoms with Crippen LogP contribution in [0.4, 0.5) is 5.69 Å². The molecule has 0 saturated carbocycles. The molecule has 2 aromatic carbocycles. The number of phenolic OH excluding ortho intramolecular Hbond substituents is 1. The van der Waals surface area contributed by atoms with Crippen LogP contribution in [0.3, 0.4) is 0 Å². The number of esters is 1. The summed E-state index contributed by atoms with van der Waals surface area (Å²) in [6.07, 6.45) is 0. The number of ether oxygens (including phenoxy) is 1. The van der Waals surface area contributed by atoms with Gasteiger partial charge < -0.3 is 19.6 Å². The molecule has 7 nitrogen and oxygen atoms in total. The van der Waals surface area contributed by atoms with Gasteiger partial charge in [0.1, 0.15) is 17.9 Å². The van der Waals surface area contributed by atoms with Crippen LogP contribution in [0.25, 0.3) is 11.0 Å². The second-order valence-electron chi connectivity index (χ2n) is 6.01. The standard InChI is InChI=1S/C20H17NO6/c1-11-17(23)8-7-16-14(9-18(24)27-19(11)16)10-26-20(25)13-3-5-15(6-4-13)21-12(2)22/h3-9,23H,10H2,1-2H3,(H,21,22). The minimum Gasteiger partial charge on any atom is -0.508 e. The third kappa shape index (κ3) is 3.98. The van der Waals surface area contributed by atoms with E-state index in [2.05, 4.69) is 5.32 Å². The van der Waals surface area contributed by atoms with E-state index in [1.54, 1.807) is 25.1 Å². The molecule has 0 fully saturated rings. The lowest BCUT2D eigenvalue weighted by atomic mass is 10.1. The predicted molar refractivity (Wildman–Crippen MR) is 98.8 cm³/mol. The molecule has 2 N–H and O–H groups in total. The molecule has 27 heavy (non-hydrogen) atoms. The molecule has 0 aliphatic rings. The fourth-order valence-corrected chi connectivity index (χ4v) is 2.65. The number of hydrogen-bond donors (Lipinski definition) is 2. The van der Waals surface area contributed by atoms with Gasteiger partial charge in [-0.1, -0.05) is 0 Å². The summed E-state index contributed by atoms with van der Waals surface area (Å²) in [5.74, 6) is -0.762. The van der Waals surface area contributed by atoms with E-state index in [0.29, 0.717) is 27.8 Å². The number of nitrogens with one attached hydrogen (secondary N) is 1. The van der Waals surface area contributed by atoms with Crippen molar-refractivity contribution in [3.05, 3.63) is 69.6 Å². The average Bonchev–Trinajstić information content (AvgIpc) is 2.63. The van der Waals surface area contributed by atoms with E-state index in [0.717, 1.165) is 0 Å². The highest BCUT2D eigenvalue weighted by Crippen LogP contribution is 2.27. The van der Waals surface area contributed by atoms with Crippen molar-refractivity contribution in [2.24, 2.45) is 0 Å². The summed E-state index contributed by atoms with van der Waals surface area (Å²) < 4.78 is 10.5. The maximum atomic E-state index is 12.2. The number of fused-ring (bicyclic) bond motifs is 1. The quantitative estimate of drug-likeness (QED) is 0.542. The van der Waals surface area contributed by atoms with Gasteiger partial charge in [0.05, 0.1) is 5.56 Å². The van der Waals surface area contributed by atoms with E-state index >= 15 is 0 Å². The lowest BCUT2D eigenvalue weighted by molar-refractivity contribution is -0.114. The van der Waals surface area contributed by atoms with Crippen LogP contribution < -0.4 is 10.9 Å². The van der Waals surface area contributed by atoms with Crippen molar-refractivity contribution in [2.75, 3.05) is 5.32 Å². The Morgan fingerprint density at radius 2 is 1.85 bits per heavy atom. The number of rotatable bonds is 4. The second kappa shape index (κ2) is 7.33. The van der Waals surface area contributed by atoms with E-state index in [1.807, 2.05) is 0 Å². The zero-order chi connectivity index (χ0) is 19.6. The van der Waals surface area contributed by atoms with Crippen molar-refractivity contribution in [1.29, 1.82) is 0 Å². The van der Waals surface area contributed by atoms with Gasteiger partial charge in [-0.3, -0.25) is 4.79 Å². The summed E-state index contributed by atoms with van der Waals surface area (Å²) in [5, 5.41) is 13.0. The summed E-state index contributed by atoms with van der Waals surface area (Å²) in [5.41, 5.74) is 1.46. The first-order chi connectivity index (χ1) is 12.8. The Bertz CT molecular complexity index is 1080. The van der Waals surface area contributed by atoms with Crippen molar-refractivity contribution >= 4 is 28.5 Å². The van der Waals surface area contributed by atoms with Crippen molar-refractivity contribution in [2.45, 2.75) is 20.5 Å². The van der Waals surface area contributed by atoms with Gasteiger partial charge in [-0.05, 0) is 43.3 Å². The number of aromatic hydroxyl groups is 1. The summed E-state index contributed by atoms with van der Waals surface area (Å²) in [6.45, 7) is 2.90. The van der Waals surface area contributed by atoms with Crippen molar-refractivity contribution in [3.63, 3.8) is 0 Å². The van der Waals surface area contributed by atoms with Gasteiger partial charge in [0.2, 0.25) is 5.91 Å². The summed E-state index contributed by atoms with van der Waals surface area (Å²) in [6, 6.07) is 10.6. The molecule has 7 heteroatoms. The van der Waals surface area contributed by atoms with Crippen LogP contribution in [-0.4, -0.2) is 17.0 Å². The number of amides is 1. The molecule has 0 bridgehead atoms. The molecule has 0 unspecified atom stereocenters. The van der Waals surface area contributed by atoms with Crippen molar-refractivity contribution in [3.8, 4) is 5.75 Å². The highest BCUT2D eigenvalue weighted by Gasteiger charge is 2.13. The minimum atomic E-state index is -0.595. The average molecular weight is 367 g/mol.